The summed E-state index contributed by atoms with van der Waals surface area (Å²) in [5, 5.41) is 3.75. The molecular formula is C16H27N3. The molecule has 3 nitrogen and oxygen atoms in total. The van der Waals surface area contributed by atoms with Crippen LogP contribution in [0.5, 0.6) is 0 Å². The zero-order chi connectivity index (χ0) is 13.1. The minimum atomic E-state index is 0.732. The molecule has 19 heavy (non-hydrogen) atoms. The molecule has 0 bridgehead atoms. The Kier molecular flexibility index (Phi) is 4.21. The fraction of sp³-hybridized carbons (Fsp3) is 0.812. The Bertz CT molecular complexity index is 386. The summed E-state index contributed by atoms with van der Waals surface area (Å²) in [6, 6.07) is 1.48. The molecule has 1 heterocycles. The van der Waals surface area contributed by atoms with Gasteiger partial charge < -0.3 is 9.88 Å². The molecule has 3 heteroatoms. The summed E-state index contributed by atoms with van der Waals surface area (Å²) in [5.41, 5.74) is 1.37. The smallest absolute Gasteiger partial charge is 0.0951 e. The number of rotatable bonds is 6. The van der Waals surface area contributed by atoms with Gasteiger partial charge in [0.05, 0.1) is 12.0 Å². The zero-order valence-corrected chi connectivity index (χ0v) is 12.1. The third-order valence-corrected chi connectivity index (χ3v) is 4.80. The highest BCUT2D eigenvalue weighted by atomic mass is 15.1. The topological polar surface area (TPSA) is 29.9 Å². The van der Waals surface area contributed by atoms with Crippen molar-refractivity contribution in [1.82, 2.24) is 14.9 Å². The molecule has 0 unspecified atom stereocenters. The first-order chi connectivity index (χ1) is 9.36. The zero-order valence-electron chi connectivity index (χ0n) is 12.1. The number of hydrogen-bond acceptors (Lipinski definition) is 2. The summed E-state index contributed by atoms with van der Waals surface area (Å²) in [5.74, 6) is 1.00. The maximum atomic E-state index is 4.31. The molecule has 0 atom stereocenters. The highest BCUT2D eigenvalue weighted by Crippen LogP contribution is 2.35. The van der Waals surface area contributed by atoms with E-state index in [4.69, 9.17) is 0 Å². The summed E-state index contributed by atoms with van der Waals surface area (Å²) < 4.78 is 2.37. The van der Waals surface area contributed by atoms with Gasteiger partial charge in [-0.1, -0.05) is 19.8 Å². The number of nitrogens with one attached hydrogen (secondary N) is 1. The first-order valence-corrected chi connectivity index (χ1v) is 8.11. The quantitative estimate of drug-likeness (QED) is 0.847. The van der Waals surface area contributed by atoms with Crippen LogP contribution in [-0.2, 0) is 6.54 Å². The minimum Gasteiger partial charge on any atom is -0.330 e. The van der Waals surface area contributed by atoms with Crippen molar-refractivity contribution in [2.75, 3.05) is 0 Å². The summed E-state index contributed by atoms with van der Waals surface area (Å²) in [6.45, 7) is 3.31. The van der Waals surface area contributed by atoms with Gasteiger partial charge in [0.25, 0.3) is 0 Å². The highest BCUT2D eigenvalue weighted by Gasteiger charge is 2.25. The summed E-state index contributed by atoms with van der Waals surface area (Å²) in [6.07, 6.45) is 15.1. The first-order valence-electron chi connectivity index (χ1n) is 8.11. The summed E-state index contributed by atoms with van der Waals surface area (Å²) >= 11 is 0. The molecule has 106 valence electrons. The predicted octanol–water partition coefficient (Wildman–Crippen LogP) is 3.67. The van der Waals surface area contributed by atoms with Gasteiger partial charge in [-0.3, -0.25) is 0 Å². The molecule has 0 aromatic carbocycles. The van der Waals surface area contributed by atoms with Crippen LogP contribution in [0.3, 0.4) is 0 Å². The lowest BCUT2D eigenvalue weighted by atomic mass is 9.83. The predicted molar refractivity (Wildman–Crippen MR) is 78.0 cm³/mol. The Morgan fingerprint density at radius 1 is 1.21 bits per heavy atom. The molecule has 1 aromatic rings. The van der Waals surface area contributed by atoms with Crippen molar-refractivity contribution in [3.05, 3.63) is 18.2 Å². The van der Waals surface area contributed by atoms with Gasteiger partial charge in [0, 0.05) is 24.8 Å². The fourth-order valence-electron chi connectivity index (χ4n) is 3.46. The first kappa shape index (κ1) is 13.2. The van der Waals surface area contributed by atoms with E-state index in [0.29, 0.717) is 0 Å². The lowest BCUT2D eigenvalue weighted by Crippen LogP contribution is -2.33. The van der Waals surface area contributed by atoms with Gasteiger partial charge in [0.2, 0.25) is 0 Å². The van der Waals surface area contributed by atoms with Crippen LogP contribution in [0, 0.1) is 5.92 Å². The van der Waals surface area contributed by atoms with E-state index in [-0.39, 0.29) is 0 Å². The fourth-order valence-corrected chi connectivity index (χ4v) is 3.46. The normalized spacial score (nSPS) is 27.6. The van der Waals surface area contributed by atoms with Gasteiger partial charge in [-0.05, 0) is 44.4 Å². The van der Waals surface area contributed by atoms with Crippen molar-refractivity contribution >= 4 is 0 Å². The van der Waals surface area contributed by atoms with Gasteiger partial charge in [0.15, 0.2) is 0 Å². The summed E-state index contributed by atoms with van der Waals surface area (Å²) in [7, 11) is 0. The molecule has 2 aliphatic carbocycles. The van der Waals surface area contributed by atoms with Crippen LogP contribution in [0.4, 0.5) is 0 Å². The van der Waals surface area contributed by atoms with E-state index < -0.39 is 0 Å². The van der Waals surface area contributed by atoms with E-state index in [2.05, 4.69) is 21.8 Å². The van der Waals surface area contributed by atoms with Crippen LogP contribution < -0.4 is 5.32 Å². The number of aromatic nitrogens is 2. The average molecular weight is 261 g/mol. The Labute approximate surface area is 116 Å². The molecule has 0 spiro atoms. The average Bonchev–Trinajstić information content (AvgIpc) is 3.17. The van der Waals surface area contributed by atoms with Crippen LogP contribution in [0.2, 0.25) is 0 Å². The SMILES string of the molecule is CCCC1CCC(NCc2cncn2C2CC2)CC1. The second-order valence-corrected chi connectivity index (χ2v) is 6.41. The standard InChI is InChI=1S/C16H27N3/c1-2-3-13-4-6-14(7-5-13)18-11-16-10-17-12-19(16)15-8-9-15/h10,12-15,18H,2-9,11H2,1H3. The molecular weight excluding hydrogens is 234 g/mol. The van der Waals surface area contributed by atoms with Crippen molar-refractivity contribution in [1.29, 1.82) is 0 Å². The van der Waals surface area contributed by atoms with E-state index in [1.165, 1.54) is 57.1 Å². The van der Waals surface area contributed by atoms with Gasteiger partial charge in [-0.2, -0.15) is 0 Å². The van der Waals surface area contributed by atoms with Crippen LogP contribution in [0.15, 0.2) is 12.5 Å². The molecule has 1 N–H and O–H groups in total. The number of nitrogens with zero attached hydrogens (tertiary/aromatic N) is 2. The van der Waals surface area contributed by atoms with Gasteiger partial charge in [-0.15, -0.1) is 0 Å². The minimum absolute atomic E-state index is 0.732. The monoisotopic (exact) mass is 261 g/mol. The van der Waals surface area contributed by atoms with E-state index in [0.717, 1.165) is 24.5 Å². The van der Waals surface area contributed by atoms with Crippen molar-refractivity contribution in [2.24, 2.45) is 5.92 Å². The highest BCUT2D eigenvalue weighted by molar-refractivity contribution is 5.03. The van der Waals surface area contributed by atoms with Crippen LogP contribution in [-0.4, -0.2) is 15.6 Å². The maximum Gasteiger partial charge on any atom is 0.0951 e. The maximum absolute atomic E-state index is 4.31. The third kappa shape index (κ3) is 3.38. The molecule has 0 saturated heterocycles. The molecule has 0 radical (unpaired) electrons. The third-order valence-electron chi connectivity index (χ3n) is 4.80. The van der Waals surface area contributed by atoms with E-state index in [9.17, 15) is 0 Å². The molecule has 0 aliphatic heterocycles. The van der Waals surface area contributed by atoms with Crippen LogP contribution in [0.1, 0.15) is 70.0 Å². The second-order valence-electron chi connectivity index (χ2n) is 6.41. The Morgan fingerprint density at radius 2 is 2.00 bits per heavy atom. The van der Waals surface area contributed by atoms with Crippen molar-refractivity contribution < 1.29 is 0 Å². The Balaban J connectivity index is 1.44. The molecule has 2 fully saturated rings. The van der Waals surface area contributed by atoms with E-state index in [1.807, 2.05) is 12.5 Å². The molecule has 0 amide bonds. The lowest BCUT2D eigenvalue weighted by molar-refractivity contribution is 0.276. The van der Waals surface area contributed by atoms with Gasteiger partial charge >= 0.3 is 0 Å². The number of imidazole rings is 1. The Hall–Kier alpha value is -0.830. The van der Waals surface area contributed by atoms with Crippen molar-refractivity contribution in [3.63, 3.8) is 0 Å². The largest absolute Gasteiger partial charge is 0.330 e. The number of hydrogen-bond donors (Lipinski definition) is 1. The van der Waals surface area contributed by atoms with E-state index >= 15 is 0 Å². The van der Waals surface area contributed by atoms with Crippen LogP contribution >= 0.6 is 0 Å². The van der Waals surface area contributed by atoms with Gasteiger partial charge in [0.1, 0.15) is 0 Å². The van der Waals surface area contributed by atoms with Crippen molar-refractivity contribution in [3.8, 4) is 0 Å². The summed E-state index contributed by atoms with van der Waals surface area (Å²) in [4.78, 5) is 4.31. The van der Waals surface area contributed by atoms with Gasteiger partial charge in [-0.25, -0.2) is 4.98 Å². The lowest BCUT2D eigenvalue weighted by Gasteiger charge is -2.29. The van der Waals surface area contributed by atoms with Crippen LogP contribution in [0.25, 0.3) is 0 Å². The van der Waals surface area contributed by atoms with Crippen molar-refractivity contribution in [2.45, 2.75) is 76.9 Å². The van der Waals surface area contributed by atoms with E-state index in [1.54, 1.807) is 0 Å². The molecule has 2 saturated carbocycles. The molecule has 2 aliphatic rings. The molecule has 3 rings (SSSR count). The molecule has 1 aromatic heterocycles. The Morgan fingerprint density at radius 3 is 2.68 bits per heavy atom. The second kappa shape index (κ2) is 6.08.